The lowest BCUT2D eigenvalue weighted by molar-refractivity contribution is 0.558. The summed E-state index contributed by atoms with van der Waals surface area (Å²) in [6.45, 7) is 2.01. The summed E-state index contributed by atoms with van der Waals surface area (Å²) in [6, 6.07) is 39.6. The van der Waals surface area contributed by atoms with Crippen molar-refractivity contribution in [1.82, 2.24) is 19.4 Å². The van der Waals surface area contributed by atoms with E-state index in [9.17, 15) is 0 Å². The Hall–Kier alpha value is -6.33. The third-order valence-electron chi connectivity index (χ3n) is 10.2. The highest BCUT2D eigenvalue weighted by Gasteiger charge is 2.25. The van der Waals surface area contributed by atoms with Gasteiger partial charge < -0.3 is 15.6 Å². The van der Waals surface area contributed by atoms with Crippen LogP contribution in [0.5, 0.6) is 0 Å². The fourth-order valence-electron chi connectivity index (χ4n) is 8.04. The van der Waals surface area contributed by atoms with Gasteiger partial charge in [0, 0.05) is 26.9 Å². The quantitative estimate of drug-likeness (QED) is 0.203. The maximum atomic E-state index is 6.42. The summed E-state index contributed by atoms with van der Waals surface area (Å²) in [5.41, 5.74) is 18.7. The van der Waals surface area contributed by atoms with E-state index >= 15 is 0 Å². The van der Waals surface area contributed by atoms with Gasteiger partial charge in [-0.25, -0.2) is 4.98 Å². The minimum Gasteiger partial charge on any atom is -0.397 e. The van der Waals surface area contributed by atoms with Crippen LogP contribution >= 0.6 is 0 Å². The standard InChI is InChI=1S/C44H33N5/c1-2-9-37-36(45)23-25-42(46-37)49-40-17-6-4-13-33(40)35-22-21-34-32-12-3-5-16-39(32)48(43(34)44(35)49)41-24-20-28-18-19-29(26-38(28)47-41)31-15-8-11-27-10-7-14-30(27)31/h2-9,11-26,42,46H,10,45H2,1H3/b9-2-. The molecular weight excluding hydrogens is 599 g/mol. The number of benzene rings is 5. The minimum absolute atomic E-state index is 0.147. The fourth-order valence-corrected chi connectivity index (χ4v) is 8.04. The Balaban J connectivity index is 1.27. The highest BCUT2D eigenvalue weighted by Crippen LogP contribution is 2.42. The second-order valence-corrected chi connectivity index (χ2v) is 13.0. The molecule has 0 spiro atoms. The molecule has 8 aromatic rings. The molecule has 3 aromatic heterocycles. The van der Waals surface area contributed by atoms with E-state index in [1.165, 1.54) is 43.8 Å². The summed E-state index contributed by atoms with van der Waals surface area (Å²) in [7, 11) is 0. The maximum absolute atomic E-state index is 6.42. The molecule has 0 bridgehead atoms. The molecule has 5 aromatic carbocycles. The molecule has 1 aliphatic carbocycles. The van der Waals surface area contributed by atoms with E-state index in [0.29, 0.717) is 0 Å². The Morgan fingerprint density at radius 3 is 2.41 bits per heavy atom. The van der Waals surface area contributed by atoms with E-state index in [0.717, 1.165) is 56.6 Å². The number of fused-ring (bicyclic) bond motifs is 9. The number of hydrogen-bond acceptors (Lipinski definition) is 3. The first-order valence-corrected chi connectivity index (χ1v) is 16.9. The van der Waals surface area contributed by atoms with Crippen LogP contribution in [0.2, 0.25) is 0 Å². The Bertz CT molecular complexity index is 2800. The third-order valence-corrected chi connectivity index (χ3v) is 10.2. The number of nitrogens with one attached hydrogen (secondary N) is 1. The predicted molar refractivity (Wildman–Crippen MR) is 205 cm³/mol. The Labute approximate surface area is 283 Å². The molecule has 5 nitrogen and oxygen atoms in total. The van der Waals surface area contributed by atoms with Crippen LogP contribution in [-0.4, -0.2) is 14.1 Å². The molecular formula is C44H33N5. The summed E-state index contributed by atoms with van der Waals surface area (Å²) < 4.78 is 4.79. The molecule has 1 unspecified atom stereocenters. The van der Waals surface area contributed by atoms with Gasteiger partial charge in [-0.3, -0.25) is 4.57 Å². The molecule has 5 heteroatoms. The number of pyridine rings is 1. The number of para-hydroxylation sites is 2. The molecule has 1 atom stereocenters. The summed E-state index contributed by atoms with van der Waals surface area (Å²) in [5, 5.41) is 9.65. The number of allylic oxidation sites excluding steroid dienone is 4. The third kappa shape index (κ3) is 4.09. The average molecular weight is 632 g/mol. The number of nitrogens with two attached hydrogens (primary N) is 1. The van der Waals surface area contributed by atoms with Gasteiger partial charge in [0.1, 0.15) is 12.0 Å². The van der Waals surface area contributed by atoms with Crippen molar-refractivity contribution >= 4 is 60.6 Å². The molecule has 3 N–H and O–H groups in total. The van der Waals surface area contributed by atoms with Crippen LogP contribution in [0.1, 0.15) is 24.2 Å². The van der Waals surface area contributed by atoms with Gasteiger partial charge in [0.05, 0.1) is 39.0 Å². The van der Waals surface area contributed by atoms with Gasteiger partial charge in [0.15, 0.2) is 0 Å². The monoisotopic (exact) mass is 631 g/mol. The van der Waals surface area contributed by atoms with Gasteiger partial charge in [-0.15, -0.1) is 0 Å². The molecule has 0 amide bonds. The molecule has 4 heterocycles. The first kappa shape index (κ1) is 27.8. The molecule has 234 valence electrons. The van der Waals surface area contributed by atoms with Gasteiger partial charge >= 0.3 is 0 Å². The SMILES string of the molecule is C/C=C\C1=C(N)C=CC(n2c3ccccc3c3ccc4c5ccccc5n(-c5ccc6ccc(-c7cccc8c7C=CC8)cc6n5)c4c32)N1. The number of hydrogen-bond donors (Lipinski definition) is 2. The molecule has 2 aliphatic rings. The lowest BCUT2D eigenvalue weighted by Crippen LogP contribution is -2.28. The summed E-state index contributed by atoms with van der Waals surface area (Å²) in [6.07, 6.45) is 13.6. The second kappa shape index (κ2) is 10.6. The minimum atomic E-state index is -0.147. The van der Waals surface area contributed by atoms with Crippen molar-refractivity contribution in [2.24, 2.45) is 5.73 Å². The predicted octanol–water partition coefficient (Wildman–Crippen LogP) is 10.1. The first-order valence-electron chi connectivity index (χ1n) is 16.9. The van der Waals surface area contributed by atoms with Crippen molar-refractivity contribution < 1.29 is 0 Å². The molecule has 10 rings (SSSR count). The topological polar surface area (TPSA) is 60.8 Å². The zero-order chi connectivity index (χ0) is 32.6. The summed E-state index contributed by atoms with van der Waals surface area (Å²) in [5.74, 6) is 0.893. The van der Waals surface area contributed by atoms with Crippen LogP contribution in [0, 0.1) is 0 Å². The lowest BCUT2D eigenvalue weighted by atomic mass is 9.96. The zero-order valence-electron chi connectivity index (χ0n) is 27.1. The van der Waals surface area contributed by atoms with Crippen LogP contribution in [-0.2, 0) is 6.42 Å². The maximum Gasteiger partial charge on any atom is 0.138 e. The van der Waals surface area contributed by atoms with Crippen LogP contribution in [0.25, 0.3) is 77.5 Å². The van der Waals surface area contributed by atoms with Crippen LogP contribution in [0.3, 0.4) is 0 Å². The van der Waals surface area contributed by atoms with Crippen molar-refractivity contribution in [3.05, 3.63) is 162 Å². The van der Waals surface area contributed by atoms with E-state index in [1.54, 1.807) is 0 Å². The molecule has 0 saturated carbocycles. The smallest absolute Gasteiger partial charge is 0.138 e. The van der Waals surface area contributed by atoms with Crippen molar-refractivity contribution in [3.8, 4) is 16.9 Å². The normalized spacial score (nSPS) is 15.9. The number of nitrogens with zero attached hydrogens (tertiary/aromatic N) is 3. The number of dihydropyridines is 1. The van der Waals surface area contributed by atoms with Crippen LogP contribution in [0.4, 0.5) is 0 Å². The molecule has 0 fully saturated rings. The second-order valence-electron chi connectivity index (χ2n) is 13.0. The lowest BCUT2D eigenvalue weighted by Gasteiger charge is -2.25. The molecule has 1 aliphatic heterocycles. The van der Waals surface area contributed by atoms with E-state index in [2.05, 4.69) is 142 Å². The van der Waals surface area contributed by atoms with Gasteiger partial charge in [0.25, 0.3) is 0 Å². The molecule has 0 saturated heterocycles. The first-order chi connectivity index (χ1) is 24.2. The summed E-state index contributed by atoms with van der Waals surface area (Å²) in [4.78, 5) is 5.42. The van der Waals surface area contributed by atoms with Gasteiger partial charge in [-0.2, -0.15) is 0 Å². The number of rotatable bonds is 4. The molecule has 0 radical (unpaired) electrons. The Morgan fingerprint density at radius 2 is 1.55 bits per heavy atom. The van der Waals surface area contributed by atoms with E-state index < -0.39 is 0 Å². The van der Waals surface area contributed by atoms with Gasteiger partial charge in [0.2, 0.25) is 0 Å². The Kier molecular flexibility index (Phi) is 6.00. The van der Waals surface area contributed by atoms with Crippen molar-refractivity contribution in [1.29, 1.82) is 0 Å². The Morgan fingerprint density at radius 1 is 0.776 bits per heavy atom. The van der Waals surface area contributed by atoms with Gasteiger partial charge in [-0.05, 0) is 84.2 Å². The summed E-state index contributed by atoms with van der Waals surface area (Å²) >= 11 is 0. The fraction of sp³-hybridized carbons (Fsp3) is 0.0682. The van der Waals surface area contributed by atoms with Crippen molar-refractivity contribution in [2.45, 2.75) is 19.5 Å². The highest BCUT2D eigenvalue weighted by molar-refractivity contribution is 6.23. The number of aromatic nitrogens is 3. The molecule has 49 heavy (non-hydrogen) atoms. The van der Waals surface area contributed by atoms with Gasteiger partial charge in [-0.1, -0.05) is 97.1 Å². The van der Waals surface area contributed by atoms with Crippen LogP contribution < -0.4 is 11.1 Å². The van der Waals surface area contributed by atoms with E-state index in [4.69, 9.17) is 10.7 Å². The van der Waals surface area contributed by atoms with E-state index in [1.807, 2.05) is 25.2 Å². The van der Waals surface area contributed by atoms with Crippen molar-refractivity contribution in [3.63, 3.8) is 0 Å². The average Bonchev–Trinajstić information content (AvgIpc) is 3.85. The van der Waals surface area contributed by atoms with Crippen LogP contribution in [0.15, 0.2) is 151 Å². The largest absolute Gasteiger partial charge is 0.397 e. The highest BCUT2D eigenvalue weighted by atomic mass is 15.2. The van der Waals surface area contributed by atoms with E-state index in [-0.39, 0.29) is 6.17 Å². The zero-order valence-corrected chi connectivity index (χ0v) is 27.1. The van der Waals surface area contributed by atoms with Crippen molar-refractivity contribution in [2.75, 3.05) is 0 Å².